The second-order valence-electron chi connectivity index (χ2n) is 4.05. The summed E-state index contributed by atoms with van der Waals surface area (Å²) in [5.74, 6) is 0. The Labute approximate surface area is 103 Å². The highest BCUT2D eigenvalue weighted by molar-refractivity contribution is 5.67. The fraction of sp³-hybridized carbons (Fsp3) is 0.143. The summed E-state index contributed by atoms with van der Waals surface area (Å²) in [6, 6.07) is 13.8. The van der Waals surface area contributed by atoms with E-state index in [1.165, 1.54) is 6.07 Å². The molecule has 0 unspecified atom stereocenters. The van der Waals surface area contributed by atoms with Crippen molar-refractivity contribution in [1.82, 2.24) is 0 Å². The van der Waals surface area contributed by atoms with Crippen molar-refractivity contribution in [1.29, 1.82) is 0 Å². The lowest BCUT2D eigenvalue weighted by Gasteiger charge is -2.16. The minimum absolute atomic E-state index is 0.205. The molecule has 0 saturated carbocycles. The summed E-state index contributed by atoms with van der Waals surface area (Å²) in [6.07, 6.45) is -4.33. The van der Waals surface area contributed by atoms with Gasteiger partial charge in [-0.3, -0.25) is 0 Å². The molecule has 2 aromatic carbocycles. The van der Waals surface area contributed by atoms with E-state index >= 15 is 0 Å². The normalized spacial score (nSPS) is 13.3. The van der Waals surface area contributed by atoms with Gasteiger partial charge in [-0.25, -0.2) is 0 Å². The van der Waals surface area contributed by atoms with Crippen LogP contribution >= 0.6 is 0 Å². The Morgan fingerprint density at radius 1 is 0.833 bits per heavy atom. The minimum Gasteiger partial charge on any atom is -0.344 e. The topological polar surface area (TPSA) is 27.6 Å². The zero-order valence-electron chi connectivity index (χ0n) is 9.61. The van der Waals surface area contributed by atoms with E-state index in [0.717, 1.165) is 5.56 Å². The summed E-state index contributed by atoms with van der Waals surface area (Å²) < 4.78 is 38.3. The Kier molecular flexibility index (Phi) is 3.39. The minimum atomic E-state index is -4.33. The number of hydrogen-bond acceptors (Lipinski definition) is 0. The largest absolute Gasteiger partial charge is 0.445 e. The Bertz CT molecular complexity index is 520. The molecule has 0 aliphatic heterocycles. The van der Waals surface area contributed by atoms with E-state index in [1.807, 2.05) is 6.07 Å². The summed E-state index contributed by atoms with van der Waals surface area (Å²) in [4.78, 5) is 0. The van der Waals surface area contributed by atoms with Crippen LogP contribution in [0.2, 0.25) is 0 Å². The number of alkyl halides is 3. The van der Waals surface area contributed by atoms with Gasteiger partial charge in [0.1, 0.15) is 0 Å². The number of halogens is 3. The van der Waals surface area contributed by atoms with Gasteiger partial charge in [-0.15, -0.1) is 0 Å². The SMILES string of the molecule is [NH3+][C@H](c1ccccc1-c1ccccc1)C(F)(F)F. The van der Waals surface area contributed by atoms with Gasteiger partial charge in [0.05, 0.1) is 0 Å². The Morgan fingerprint density at radius 2 is 1.39 bits per heavy atom. The Morgan fingerprint density at radius 3 is 2.00 bits per heavy atom. The van der Waals surface area contributed by atoms with E-state index < -0.39 is 12.2 Å². The van der Waals surface area contributed by atoms with E-state index in [4.69, 9.17) is 0 Å². The van der Waals surface area contributed by atoms with Crippen molar-refractivity contribution in [2.75, 3.05) is 0 Å². The number of quaternary nitrogens is 1. The van der Waals surface area contributed by atoms with Crippen LogP contribution in [0.25, 0.3) is 11.1 Å². The molecule has 0 aliphatic rings. The molecule has 0 bridgehead atoms. The van der Waals surface area contributed by atoms with Crippen LogP contribution in [0.3, 0.4) is 0 Å². The predicted molar refractivity (Wildman–Crippen MR) is 63.6 cm³/mol. The van der Waals surface area contributed by atoms with Crippen molar-refractivity contribution in [2.24, 2.45) is 0 Å². The average Bonchev–Trinajstić information content (AvgIpc) is 2.38. The average molecular weight is 252 g/mol. The lowest BCUT2D eigenvalue weighted by molar-refractivity contribution is -0.488. The van der Waals surface area contributed by atoms with Gasteiger partial charge in [-0.05, 0) is 11.1 Å². The second-order valence-corrected chi connectivity index (χ2v) is 4.05. The molecule has 0 aliphatic carbocycles. The molecule has 0 radical (unpaired) electrons. The first-order valence-corrected chi connectivity index (χ1v) is 5.54. The van der Waals surface area contributed by atoms with Crippen LogP contribution in [0.5, 0.6) is 0 Å². The Balaban J connectivity index is 2.51. The molecule has 0 saturated heterocycles. The van der Waals surface area contributed by atoms with E-state index in [9.17, 15) is 13.2 Å². The van der Waals surface area contributed by atoms with Crippen molar-refractivity contribution in [3.63, 3.8) is 0 Å². The van der Waals surface area contributed by atoms with Gasteiger partial charge < -0.3 is 5.73 Å². The smallest absolute Gasteiger partial charge is 0.344 e. The number of rotatable bonds is 2. The van der Waals surface area contributed by atoms with Crippen LogP contribution in [0.4, 0.5) is 13.2 Å². The molecule has 1 atom stereocenters. The van der Waals surface area contributed by atoms with E-state index in [2.05, 4.69) is 5.73 Å². The second kappa shape index (κ2) is 4.82. The van der Waals surface area contributed by atoms with Crippen LogP contribution in [0.15, 0.2) is 54.6 Å². The first-order valence-electron chi connectivity index (χ1n) is 5.54. The lowest BCUT2D eigenvalue weighted by Crippen LogP contribution is -2.60. The number of benzene rings is 2. The highest BCUT2D eigenvalue weighted by Crippen LogP contribution is 2.34. The van der Waals surface area contributed by atoms with E-state index in [0.29, 0.717) is 5.56 Å². The highest BCUT2D eigenvalue weighted by atomic mass is 19.4. The third-order valence-corrected chi connectivity index (χ3v) is 2.82. The first-order chi connectivity index (χ1) is 8.50. The van der Waals surface area contributed by atoms with Crippen molar-refractivity contribution in [2.45, 2.75) is 12.2 Å². The molecule has 0 fully saturated rings. The molecule has 0 spiro atoms. The quantitative estimate of drug-likeness (QED) is 0.850. The molecule has 1 nitrogen and oxygen atoms in total. The molecule has 18 heavy (non-hydrogen) atoms. The van der Waals surface area contributed by atoms with Crippen molar-refractivity contribution in [3.8, 4) is 11.1 Å². The maximum absolute atomic E-state index is 12.8. The molecule has 2 rings (SSSR count). The van der Waals surface area contributed by atoms with E-state index in [1.54, 1.807) is 42.5 Å². The molecule has 3 N–H and O–H groups in total. The van der Waals surface area contributed by atoms with Gasteiger partial charge in [0.15, 0.2) is 0 Å². The van der Waals surface area contributed by atoms with Gasteiger partial charge in [0.25, 0.3) is 0 Å². The third kappa shape index (κ3) is 2.54. The number of hydrogen-bond donors (Lipinski definition) is 1. The molecule has 2 aromatic rings. The molecule has 0 heterocycles. The van der Waals surface area contributed by atoms with Gasteiger partial charge in [0, 0.05) is 5.56 Å². The van der Waals surface area contributed by atoms with Crippen LogP contribution < -0.4 is 5.73 Å². The predicted octanol–water partition coefficient (Wildman–Crippen LogP) is 3.20. The molecular weight excluding hydrogens is 239 g/mol. The summed E-state index contributed by atoms with van der Waals surface area (Å²) in [5.41, 5.74) is 4.79. The monoisotopic (exact) mass is 252 g/mol. The summed E-state index contributed by atoms with van der Waals surface area (Å²) in [6.45, 7) is 0. The maximum Gasteiger partial charge on any atom is 0.445 e. The summed E-state index contributed by atoms with van der Waals surface area (Å²) in [5, 5.41) is 0. The lowest BCUT2D eigenvalue weighted by atomic mass is 9.95. The molecular formula is C14H13F3N+. The summed E-state index contributed by atoms with van der Waals surface area (Å²) >= 11 is 0. The van der Waals surface area contributed by atoms with E-state index in [-0.39, 0.29) is 5.56 Å². The van der Waals surface area contributed by atoms with Crippen molar-refractivity contribution >= 4 is 0 Å². The molecule has 4 heteroatoms. The summed E-state index contributed by atoms with van der Waals surface area (Å²) in [7, 11) is 0. The van der Waals surface area contributed by atoms with Gasteiger partial charge in [0.2, 0.25) is 6.04 Å². The van der Waals surface area contributed by atoms with Crippen LogP contribution in [-0.2, 0) is 0 Å². The molecule has 94 valence electrons. The van der Waals surface area contributed by atoms with Crippen LogP contribution in [0.1, 0.15) is 11.6 Å². The van der Waals surface area contributed by atoms with Gasteiger partial charge in [-0.1, -0.05) is 54.6 Å². The van der Waals surface area contributed by atoms with Crippen molar-refractivity contribution < 1.29 is 18.9 Å². The highest BCUT2D eigenvalue weighted by Gasteiger charge is 2.42. The van der Waals surface area contributed by atoms with Crippen LogP contribution in [0, 0.1) is 0 Å². The van der Waals surface area contributed by atoms with Crippen LogP contribution in [-0.4, -0.2) is 6.18 Å². The first kappa shape index (κ1) is 12.6. The zero-order valence-corrected chi connectivity index (χ0v) is 9.61. The Hall–Kier alpha value is -1.81. The van der Waals surface area contributed by atoms with Gasteiger partial charge in [-0.2, -0.15) is 13.2 Å². The third-order valence-electron chi connectivity index (χ3n) is 2.82. The maximum atomic E-state index is 12.8. The standard InChI is InChI=1S/C14H12F3N/c15-14(16,17)13(18)12-9-5-4-8-11(12)10-6-2-1-3-7-10/h1-9,13H,18H2/p+1/t13-/m1/s1. The molecule has 0 aromatic heterocycles. The molecule has 0 amide bonds. The fourth-order valence-corrected chi connectivity index (χ4v) is 1.86. The zero-order chi connectivity index (χ0) is 13.2. The fourth-order valence-electron chi connectivity index (χ4n) is 1.86. The van der Waals surface area contributed by atoms with Crippen molar-refractivity contribution in [3.05, 3.63) is 60.2 Å². The van der Waals surface area contributed by atoms with Gasteiger partial charge >= 0.3 is 6.18 Å².